The summed E-state index contributed by atoms with van der Waals surface area (Å²) in [5.74, 6) is 1.55. The van der Waals surface area contributed by atoms with Crippen LogP contribution >= 0.6 is 0 Å². The zero-order valence-electron chi connectivity index (χ0n) is 13.3. The first kappa shape index (κ1) is 15.5. The molecule has 0 aliphatic rings. The summed E-state index contributed by atoms with van der Waals surface area (Å²) >= 11 is 0. The molecular weight excluding hydrogens is 260 g/mol. The summed E-state index contributed by atoms with van der Waals surface area (Å²) in [6, 6.07) is 10.4. The van der Waals surface area contributed by atoms with Gasteiger partial charge in [0.2, 0.25) is 5.88 Å². The van der Waals surface area contributed by atoms with Gasteiger partial charge < -0.3 is 10.1 Å². The molecule has 21 heavy (non-hydrogen) atoms. The highest BCUT2D eigenvalue weighted by Crippen LogP contribution is 2.29. The van der Waals surface area contributed by atoms with Gasteiger partial charge in [-0.1, -0.05) is 30.7 Å². The number of nitrogens with one attached hydrogen (secondary N) is 1. The number of hydrogen-bond donors (Lipinski definition) is 1. The first-order valence-electron chi connectivity index (χ1n) is 7.55. The van der Waals surface area contributed by atoms with Gasteiger partial charge in [-0.05, 0) is 51.4 Å². The van der Waals surface area contributed by atoms with Crippen molar-refractivity contribution >= 4 is 0 Å². The maximum absolute atomic E-state index is 6.05. The fraction of sp³-hybridized carbons (Fsp3) is 0.389. The van der Waals surface area contributed by atoms with Gasteiger partial charge in [0, 0.05) is 17.8 Å². The van der Waals surface area contributed by atoms with E-state index in [2.05, 4.69) is 56.2 Å². The number of ether oxygens (including phenoxy) is 1. The third-order valence-corrected chi connectivity index (χ3v) is 3.50. The predicted molar refractivity (Wildman–Crippen MR) is 86.9 cm³/mol. The largest absolute Gasteiger partial charge is 0.438 e. The molecule has 0 radical (unpaired) electrons. The molecule has 0 aliphatic heterocycles. The topological polar surface area (TPSA) is 34.2 Å². The van der Waals surface area contributed by atoms with E-state index < -0.39 is 0 Å². The highest BCUT2D eigenvalue weighted by atomic mass is 16.5. The lowest BCUT2D eigenvalue weighted by Crippen LogP contribution is -2.20. The number of rotatable bonds is 6. The van der Waals surface area contributed by atoms with E-state index in [4.69, 9.17) is 4.74 Å². The quantitative estimate of drug-likeness (QED) is 0.845. The summed E-state index contributed by atoms with van der Waals surface area (Å²) in [6.45, 7) is 9.43. The van der Waals surface area contributed by atoms with Crippen molar-refractivity contribution in [3.63, 3.8) is 0 Å². The first-order chi connectivity index (χ1) is 10.1. The zero-order valence-corrected chi connectivity index (χ0v) is 13.3. The molecule has 0 spiro atoms. The molecule has 1 aromatic carbocycles. The van der Waals surface area contributed by atoms with E-state index in [1.807, 2.05) is 12.1 Å². The number of nitrogens with zero attached hydrogens (tertiary/aromatic N) is 1. The molecule has 0 saturated carbocycles. The summed E-state index contributed by atoms with van der Waals surface area (Å²) < 4.78 is 6.05. The molecule has 1 atom stereocenters. The number of benzene rings is 1. The average Bonchev–Trinajstić information content (AvgIpc) is 2.48. The second kappa shape index (κ2) is 7.23. The average molecular weight is 284 g/mol. The van der Waals surface area contributed by atoms with Gasteiger partial charge in [0.1, 0.15) is 5.75 Å². The molecule has 0 amide bonds. The Kier molecular flexibility index (Phi) is 5.34. The highest BCUT2D eigenvalue weighted by Gasteiger charge is 2.13. The van der Waals surface area contributed by atoms with Gasteiger partial charge in [-0.3, -0.25) is 0 Å². The standard InChI is InChI=1S/C18H24N2O/c1-5-10-19-15(4)16-7-6-11-20-18(16)21-17-9-8-13(2)12-14(17)3/h6-9,11-12,15,19H,5,10H2,1-4H3. The van der Waals surface area contributed by atoms with E-state index >= 15 is 0 Å². The minimum Gasteiger partial charge on any atom is -0.438 e. The molecule has 0 aliphatic carbocycles. The van der Waals surface area contributed by atoms with Crippen molar-refractivity contribution in [3.8, 4) is 11.6 Å². The Bertz CT molecular complexity index is 596. The van der Waals surface area contributed by atoms with E-state index in [1.54, 1.807) is 6.20 Å². The van der Waals surface area contributed by atoms with Gasteiger partial charge >= 0.3 is 0 Å². The van der Waals surface area contributed by atoms with E-state index in [9.17, 15) is 0 Å². The maximum Gasteiger partial charge on any atom is 0.223 e. The van der Waals surface area contributed by atoms with Gasteiger partial charge in [-0.2, -0.15) is 0 Å². The molecule has 2 rings (SSSR count). The van der Waals surface area contributed by atoms with Crippen LogP contribution in [0, 0.1) is 13.8 Å². The number of aromatic nitrogens is 1. The van der Waals surface area contributed by atoms with Crippen LogP contribution in [0.2, 0.25) is 0 Å². The molecule has 1 heterocycles. The molecule has 0 fully saturated rings. The van der Waals surface area contributed by atoms with Crippen molar-refractivity contribution in [3.05, 3.63) is 53.2 Å². The number of hydrogen-bond acceptors (Lipinski definition) is 3. The Labute approximate surface area is 127 Å². The highest BCUT2D eigenvalue weighted by molar-refractivity contribution is 5.40. The summed E-state index contributed by atoms with van der Waals surface area (Å²) in [6.07, 6.45) is 2.88. The lowest BCUT2D eigenvalue weighted by atomic mass is 10.1. The summed E-state index contributed by atoms with van der Waals surface area (Å²) in [5, 5.41) is 3.48. The summed E-state index contributed by atoms with van der Waals surface area (Å²) in [7, 11) is 0. The van der Waals surface area contributed by atoms with Crippen LogP contribution in [0.25, 0.3) is 0 Å². The molecule has 0 saturated heterocycles. The van der Waals surface area contributed by atoms with Crippen LogP contribution < -0.4 is 10.1 Å². The molecule has 2 aromatic rings. The van der Waals surface area contributed by atoms with Crippen LogP contribution in [0.1, 0.15) is 43.0 Å². The summed E-state index contributed by atoms with van der Waals surface area (Å²) in [4.78, 5) is 4.40. The smallest absolute Gasteiger partial charge is 0.223 e. The molecule has 1 aromatic heterocycles. The molecule has 3 nitrogen and oxygen atoms in total. The Morgan fingerprint density at radius 2 is 2.05 bits per heavy atom. The van der Waals surface area contributed by atoms with Crippen molar-refractivity contribution in [1.29, 1.82) is 0 Å². The minimum absolute atomic E-state index is 0.222. The Balaban J connectivity index is 2.23. The predicted octanol–water partition coefficient (Wildman–Crippen LogP) is 4.55. The van der Waals surface area contributed by atoms with Crippen LogP contribution in [-0.4, -0.2) is 11.5 Å². The van der Waals surface area contributed by atoms with Crippen LogP contribution in [-0.2, 0) is 0 Å². The van der Waals surface area contributed by atoms with Crippen LogP contribution in [0.3, 0.4) is 0 Å². The molecule has 3 heteroatoms. The van der Waals surface area contributed by atoms with Crippen molar-refractivity contribution in [2.45, 2.75) is 40.2 Å². The Hall–Kier alpha value is -1.87. The SMILES string of the molecule is CCCNC(C)c1cccnc1Oc1ccc(C)cc1C. The normalized spacial score (nSPS) is 12.2. The fourth-order valence-electron chi connectivity index (χ4n) is 2.31. The monoisotopic (exact) mass is 284 g/mol. The van der Waals surface area contributed by atoms with Gasteiger partial charge in [-0.15, -0.1) is 0 Å². The van der Waals surface area contributed by atoms with Crippen molar-refractivity contribution < 1.29 is 4.74 Å². The summed E-state index contributed by atoms with van der Waals surface area (Å²) in [5.41, 5.74) is 3.45. The lowest BCUT2D eigenvalue weighted by molar-refractivity contribution is 0.439. The van der Waals surface area contributed by atoms with Gasteiger partial charge in [0.05, 0.1) is 0 Å². The Morgan fingerprint density at radius 3 is 2.76 bits per heavy atom. The lowest BCUT2D eigenvalue weighted by Gasteiger charge is -2.17. The van der Waals surface area contributed by atoms with Gasteiger partial charge in [0.25, 0.3) is 0 Å². The molecule has 1 N–H and O–H groups in total. The third-order valence-electron chi connectivity index (χ3n) is 3.50. The van der Waals surface area contributed by atoms with E-state index in [0.29, 0.717) is 5.88 Å². The minimum atomic E-state index is 0.222. The second-order valence-corrected chi connectivity index (χ2v) is 5.44. The maximum atomic E-state index is 6.05. The number of pyridine rings is 1. The fourth-order valence-corrected chi connectivity index (χ4v) is 2.31. The van der Waals surface area contributed by atoms with E-state index in [0.717, 1.165) is 29.8 Å². The van der Waals surface area contributed by atoms with Crippen molar-refractivity contribution in [2.24, 2.45) is 0 Å². The van der Waals surface area contributed by atoms with E-state index in [-0.39, 0.29) is 6.04 Å². The van der Waals surface area contributed by atoms with E-state index in [1.165, 1.54) is 5.56 Å². The van der Waals surface area contributed by atoms with Gasteiger partial charge in [0.15, 0.2) is 0 Å². The van der Waals surface area contributed by atoms with Crippen LogP contribution in [0.15, 0.2) is 36.5 Å². The van der Waals surface area contributed by atoms with Crippen LogP contribution in [0.5, 0.6) is 11.6 Å². The molecule has 0 bridgehead atoms. The number of aryl methyl sites for hydroxylation is 2. The first-order valence-corrected chi connectivity index (χ1v) is 7.55. The van der Waals surface area contributed by atoms with Gasteiger partial charge in [-0.25, -0.2) is 4.98 Å². The molecular formula is C18H24N2O. The van der Waals surface area contributed by atoms with Crippen molar-refractivity contribution in [2.75, 3.05) is 6.54 Å². The molecule has 1 unspecified atom stereocenters. The van der Waals surface area contributed by atoms with Crippen LogP contribution in [0.4, 0.5) is 0 Å². The second-order valence-electron chi connectivity index (χ2n) is 5.44. The zero-order chi connectivity index (χ0) is 15.2. The van der Waals surface area contributed by atoms with Crippen molar-refractivity contribution in [1.82, 2.24) is 10.3 Å². The third kappa shape index (κ3) is 4.05. The Morgan fingerprint density at radius 1 is 1.24 bits per heavy atom. The molecule has 112 valence electrons.